The van der Waals surface area contributed by atoms with Gasteiger partial charge in [-0.15, -0.1) is 0 Å². The molecular formula is C13H21N3O2S. The molecule has 5 nitrogen and oxygen atoms in total. The summed E-state index contributed by atoms with van der Waals surface area (Å²) in [5, 5.41) is 8.01. The number of rotatable bonds is 3. The summed E-state index contributed by atoms with van der Waals surface area (Å²) in [6.07, 6.45) is 6.41. The Bertz CT molecular complexity index is 389. The van der Waals surface area contributed by atoms with Crippen molar-refractivity contribution >= 4 is 18.6 Å². The number of nitrogens with two attached hydrogens (primary N) is 1. The highest BCUT2D eigenvalue weighted by Gasteiger charge is 2.21. The molecule has 19 heavy (non-hydrogen) atoms. The van der Waals surface area contributed by atoms with E-state index in [-0.39, 0.29) is 5.75 Å². The first-order valence-corrected chi connectivity index (χ1v) is 6.89. The zero-order valence-electron chi connectivity index (χ0n) is 11.1. The van der Waals surface area contributed by atoms with Gasteiger partial charge in [0.25, 0.3) is 0 Å². The lowest BCUT2D eigenvalue weighted by molar-refractivity contribution is -0.137. The maximum Gasteiger partial charge on any atom is 0.321 e. The molecule has 0 bridgehead atoms. The van der Waals surface area contributed by atoms with Crippen LogP contribution < -0.4 is 5.73 Å². The van der Waals surface area contributed by atoms with Crippen LogP contribution in [0.25, 0.3) is 0 Å². The Morgan fingerprint density at radius 3 is 2.84 bits per heavy atom. The Labute approximate surface area is 119 Å². The molecule has 0 amide bonds. The van der Waals surface area contributed by atoms with Crippen molar-refractivity contribution < 1.29 is 9.90 Å². The van der Waals surface area contributed by atoms with Crippen molar-refractivity contribution in [2.45, 2.75) is 24.9 Å². The standard InChI is InChI=1S/C10H14N2.C3H7NO2S/c1-12-7-3-5-10(12)9-4-2-6-11-8-9;4-2(1-7)3(5)6/h2,4,6,8,10H,3,5,7H2,1H3;2,7H,1,4H2,(H,5,6)/t;2-/m.0/s1. The van der Waals surface area contributed by atoms with Crippen molar-refractivity contribution in [2.75, 3.05) is 19.3 Å². The monoisotopic (exact) mass is 283 g/mol. The Hall–Kier alpha value is -1.11. The summed E-state index contributed by atoms with van der Waals surface area (Å²) in [7, 11) is 2.19. The van der Waals surface area contributed by atoms with Crippen LogP contribution in [0.3, 0.4) is 0 Å². The van der Waals surface area contributed by atoms with Crippen molar-refractivity contribution in [2.24, 2.45) is 5.73 Å². The number of carboxylic acid groups (broad SMARTS) is 1. The topological polar surface area (TPSA) is 79.5 Å². The van der Waals surface area contributed by atoms with E-state index in [4.69, 9.17) is 10.8 Å². The first-order valence-electron chi connectivity index (χ1n) is 6.25. The van der Waals surface area contributed by atoms with Gasteiger partial charge in [-0.1, -0.05) is 6.07 Å². The Morgan fingerprint density at radius 1 is 1.74 bits per heavy atom. The summed E-state index contributed by atoms with van der Waals surface area (Å²) in [6, 6.07) is 3.98. The van der Waals surface area contributed by atoms with E-state index in [1.54, 1.807) is 0 Å². The van der Waals surface area contributed by atoms with Gasteiger partial charge >= 0.3 is 5.97 Å². The Kier molecular flexibility index (Phi) is 6.83. The van der Waals surface area contributed by atoms with Crippen LogP contribution in [0.15, 0.2) is 24.5 Å². The summed E-state index contributed by atoms with van der Waals surface area (Å²) in [6.45, 7) is 1.22. The highest BCUT2D eigenvalue weighted by Crippen LogP contribution is 2.29. The van der Waals surface area contributed by atoms with Crippen LogP contribution in [-0.2, 0) is 4.79 Å². The molecule has 2 rings (SSSR count). The second-order valence-corrected chi connectivity index (χ2v) is 4.92. The van der Waals surface area contributed by atoms with Gasteiger partial charge in [-0.3, -0.25) is 14.7 Å². The van der Waals surface area contributed by atoms with E-state index in [1.165, 1.54) is 24.9 Å². The molecule has 1 aromatic heterocycles. The molecule has 0 spiro atoms. The lowest BCUT2D eigenvalue weighted by Crippen LogP contribution is -2.31. The van der Waals surface area contributed by atoms with Gasteiger partial charge in [-0.2, -0.15) is 12.6 Å². The van der Waals surface area contributed by atoms with Gasteiger partial charge < -0.3 is 10.8 Å². The second-order valence-electron chi connectivity index (χ2n) is 4.55. The number of aliphatic carboxylic acids is 1. The predicted molar refractivity (Wildman–Crippen MR) is 78.3 cm³/mol. The molecule has 0 aliphatic carbocycles. The number of thiol groups is 1. The third kappa shape index (κ3) is 5.18. The molecule has 1 aliphatic rings. The average Bonchev–Trinajstić information content (AvgIpc) is 2.85. The number of likely N-dealkylation sites (tertiary alicyclic amines) is 1. The highest BCUT2D eigenvalue weighted by atomic mass is 32.1. The quantitative estimate of drug-likeness (QED) is 0.726. The fraction of sp³-hybridized carbons (Fsp3) is 0.538. The number of carbonyl (C=O) groups is 1. The zero-order valence-corrected chi connectivity index (χ0v) is 12.0. The predicted octanol–water partition coefficient (Wildman–Crippen LogP) is 1.18. The molecule has 1 aliphatic heterocycles. The molecule has 1 saturated heterocycles. The van der Waals surface area contributed by atoms with Gasteiger partial charge in [-0.05, 0) is 38.1 Å². The van der Waals surface area contributed by atoms with Gasteiger partial charge in [0.05, 0.1) is 0 Å². The molecule has 6 heteroatoms. The van der Waals surface area contributed by atoms with E-state index in [9.17, 15) is 4.79 Å². The largest absolute Gasteiger partial charge is 0.480 e. The maximum atomic E-state index is 9.76. The smallest absolute Gasteiger partial charge is 0.321 e. The van der Waals surface area contributed by atoms with E-state index < -0.39 is 12.0 Å². The van der Waals surface area contributed by atoms with Gasteiger partial charge in [0.2, 0.25) is 0 Å². The average molecular weight is 283 g/mol. The minimum atomic E-state index is -1.00. The maximum absolute atomic E-state index is 9.76. The van der Waals surface area contributed by atoms with Gasteiger partial charge in [0, 0.05) is 24.2 Å². The summed E-state index contributed by atoms with van der Waals surface area (Å²) < 4.78 is 0. The first-order chi connectivity index (χ1) is 9.06. The van der Waals surface area contributed by atoms with Crippen LogP contribution in [0.4, 0.5) is 0 Å². The van der Waals surface area contributed by atoms with Gasteiger partial charge in [-0.25, -0.2) is 0 Å². The molecule has 2 atom stereocenters. The number of hydrogen-bond acceptors (Lipinski definition) is 5. The molecular weight excluding hydrogens is 262 g/mol. The number of aromatic nitrogens is 1. The van der Waals surface area contributed by atoms with Crippen molar-refractivity contribution in [3.05, 3.63) is 30.1 Å². The summed E-state index contributed by atoms with van der Waals surface area (Å²) in [5.74, 6) is -0.815. The van der Waals surface area contributed by atoms with Gasteiger partial charge in [0.1, 0.15) is 6.04 Å². The fourth-order valence-electron chi connectivity index (χ4n) is 1.98. The molecule has 106 valence electrons. The minimum absolute atomic E-state index is 0.190. The summed E-state index contributed by atoms with van der Waals surface area (Å²) in [5.41, 5.74) is 6.30. The Balaban J connectivity index is 0.000000224. The van der Waals surface area contributed by atoms with E-state index in [2.05, 4.69) is 35.6 Å². The number of hydrogen-bond donors (Lipinski definition) is 3. The van der Waals surface area contributed by atoms with Crippen LogP contribution >= 0.6 is 12.6 Å². The molecule has 0 radical (unpaired) electrons. The molecule has 1 unspecified atom stereocenters. The third-order valence-corrected chi connectivity index (χ3v) is 3.50. The second kappa shape index (κ2) is 8.14. The van der Waals surface area contributed by atoms with E-state index in [0.29, 0.717) is 6.04 Å². The Morgan fingerprint density at radius 2 is 2.47 bits per heavy atom. The van der Waals surface area contributed by atoms with E-state index in [0.717, 1.165) is 0 Å². The molecule has 1 fully saturated rings. The molecule has 1 aromatic rings. The van der Waals surface area contributed by atoms with Crippen molar-refractivity contribution in [1.82, 2.24) is 9.88 Å². The van der Waals surface area contributed by atoms with Crippen LogP contribution in [0.5, 0.6) is 0 Å². The first kappa shape index (κ1) is 15.9. The molecule has 3 N–H and O–H groups in total. The molecule has 0 saturated carbocycles. The van der Waals surface area contributed by atoms with Gasteiger partial charge in [0.15, 0.2) is 0 Å². The van der Waals surface area contributed by atoms with Crippen molar-refractivity contribution in [3.63, 3.8) is 0 Å². The van der Waals surface area contributed by atoms with Crippen LogP contribution in [0.1, 0.15) is 24.4 Å². The number of carboxylic acids is 1. The summed E-state index contributed by atoms with van der Waals surface area (Å²) in [4.78, 5) is 16.3. The number of pyridine rings is 1. The SMILES string of the molecule is CN1CCCC1c1cccnc1.N[C@@H](CS)C(=O)O. The fourth-order valence-corrected chi connectivity index (χ4v) is 2.14. The third-order valence-electron chi connectivity index (χ3n) is 3.10. The summed E-state index contributed by atoms with van der Waals surface area (Å²) >= 11 is 3.65. The normalized spacial score (nSPS) is 20.5. The number of nitrogens with zero attached hydrogens (tertiary/aromatic N) is 2. The van der Waals surface area contributed by atoms with Crippen molar-refractivity contribution in [3.8, 4) is 0 Å². The zero-order chi connectivity index (χ0) is 14.3. The lowest BCUT2D eigenvalue weighted by atomic mass is 10.1. The van der Waals surface area contributed by atoms with Crippen LogP contribution in [-0.4, -0.2) is 46.3 Å². The van der Waals surface area contributed by atoms with Crippen LogP contribution in [0, 0.1) is 0 Å². The van der Waals surface area contributed by atoms with Crippen molar-refractivity contribution in [1.29, 1.82) is 0 Å². The van der Waals surface area contributed by atoms with E-state index >= 15 is 0 Å². The van der Waals surface area contributed by atoms with Crippen LogP contribution in [0.2, 0.25) is 0 Å². The highest BCUT2D eigenvalue weighted by molar-refractivity contribution is 7.80. The molecule has 0 aromatic carbocycles. The molecule has 2 heterocycles. The minimum Gasteiger partial charge on any atom is -0.480 e. The van der Waals surface area contributed by atoms with E-state index in [1.807, 2.05) is 18.5 Å². The lowest BCUT2D eigenvalue weighted by Gasteiger charge is -2.18.